The van der Waals surface area contributed by atoms with Gasteiger partial charge in [-0.05, 0) is 58.6 Å². The molecule has 6 rings (SSSR count). The molecule has 0 bridgehead atoms. The SMILES string of the molecule is CC(C)(C)OC(=O)N1CCC[C@@H]1CNC(=O)Nc1nc2c(s1)-c1c(c(-c3cncnc3)nn1-c1ccccc1F)CC2. The van der Waals surface area contributed by atoms with Gasteiger partial charge in [-0.25, -0.2) is 33.6 Å². The predicted octanol–water partition coefficient (Wildman–Crippen LogP) is 5.21. The molecule has 4 heterocycles. The molecule has 13 heteroatoms. The van der Waals surface area contributed by atoms with Crippen molar-refractivity contribution in [2.75, 3.05) is 18.4 Å². The van der Waals surface area contributed by atoms with Crippen molar-refractivity contribution in [3.63, 3.8) is 0 Å². The Labute approximate surface area is 246 Å². The van der Waals surface area contributed by atoms with Gasteiger partial charge in [0.2, 0.25) is 0 Å². The number of thiazole rings is 1. The number of fused-ring (bicyclic) bond motifs is 3. The molecule has 4 aromatic rings. The summed E-state index contributed by atoms with van der Waals surface area (Å²) in [5, 5.41) is 11.0. The van der Waals surface area contributed by atoms with Crippen LogP contribution in [-0.4, -0.2) is 66.5 Å². The van der Waals surface area contributed by atoms with Crippen LogP contribution in [0.1, 0.15) is 44.9 Å². The first-order valence-electron chi connectivity index (χ1n) is 13.8. The number of aromatic nitrogens is 5. The van der Waals surface area contributed by atoms with Gasteiger partial charge in [0, 0.05) is 36.6 Å². The van der Waals surface area contributed by atoms with Crippen LogP contribution in [0, 0.1) is 5.82 Å². The molecule has 1 aliphatic heterocycles. The second kappa shape index (κ2) is 11.1. The lowest BCUT2D eigenvalue weighted by atomic mass is 9.96. The van der Waals surface area contributed by atoms with Gasteiger partial charge in [-0.2, -0.15) is 5.10 Å². The topological polar surface area (TPSA) is 127 Å². The first-order valence-corrected chi connectivity index (χ1v) is 14.7. The van der Waals surface area contributed by atoms with Crippen LogP contribution in [0.4, 0.5) is 19.1 Å². The smallest absolute Gasteiger partial charge is 0.410 e. The number of para-hydroxylation sites is 1. The van der Waals surface area contributed by atoms with E-state index in [2.05, 4.69) is 20.6 Å². The summed E-state index contributed by atoms with van der Waals surface area (Å²) in [4.78, 5) is 40.9. The van der Waals surface area contributed by atoms with Gasteiger partial charge in [0.05, 0.1) is 28.0 Å². The van der Waals surface area contributed by atoms with Crippen LogP contribution in [0.25, 0.3) is 27.5 Å². The third-order valence-corrected chi connectivity index (χ3v) is 8.17. The number of ether oxygens (including phenoxy) is 1. The molecule has 218 valence electrons. The zero-order valence-electron chi connectivity index (χ0n) is 23.6. The van der Waals surface area contributed by atoms with Gasteiger partial charge in [-0.3, -0.25) is 5.32 Å². The van der Waals surface area contributed by atoms with E-state index in [0.29, 0.717) is 42.4 Å². The normalized spacial score (nSPS) is 16.1. The monoisotopic (exact) mass is 590 g/mol. The molecule has 0 saturated carbocycles. The molecule has 1 aliphatic carbocycles. The van der Waals surface area contributed by atoms with Gasteiger partial charge < -0.3 is 15.0 Å². The summed E-state index contributed by atoms with van der Waals surface area (Å²) in [6.07, 6.45) is 7.37. The molecule has 1 aromatic carbocycles. The number of carbonyl (C=O) groups is 2. The minimum atomic E-state index is -0.587. The Morgan fingerprint density at radius 3 is 2.71 bits per heavy atom. The number of halogens is 1. The number of carbonyl (C=O) groups excluding carboxylic acids is 2. The van der Waals surface area contributed by atoms with Crippen molar-refractivity contribution in [3.8, 4) is 27.5 Å². The summed E-state index contributed by atoms with van der Waals surface area (Å²) in [6, 6.07) is 5.92. The largest absolute Gasteiger partial charge is 0.444 e. The van der Waals surface area contributed by atoms with Crippen LogP contribution in [-0.2, 0) is 17.6 Å². The molecule has 1 atom stereocenters. The highest BCUT2D eigenvalue weighted by molar-refractivity contribution is 7.19. The maximum atomic E-state index is 15.0. The second-order valence-electron chi connectivity index (χ2n) is 11.3. The molecule has 2 aliphatic rings. The lowest BCUT2D eigenvalue weighted by Gasteiger charge is -2.28. The fourth-order valence-corrected chi connectivity index (χ4v) is 6.40. The summed E-state index contributed by atoms with van der Waals surface area (Å²) in [5.74, 6) is -0.402. The summed E-state index contributed by atoms with van der Waals surface area (Å²) < 4.78 is 22.1. The molecule has 0 radical (unpaired) electrons. The Morgan fingerprint density at radius 2 is 1.95 bits per heavy atom. The molecule has 3 amide bonds. The van der Waals surface area contributed by atoms with E-state index < -0.39 is 17.4 Å². The lowest BCUT2D eigenvalue weighted by Crippen LogP contribution is -2.45. The Hall–Kier alpha value is -4.39. The summed E-state index contributed by atoms with van der Waals surface area (Å²) >= 11 is 1.32. The van der Waals surface area contributed by atoms with Crippen LogP contribution >= 0.6 is 11.3 Å². The summed E-state index contributed by atoms with van der Waals surface area (Å²) in [6.45, 7) is 6.38. The van der Waals surface area contributed by atoms with Gasteiger partial charge in [-0.1, -0.05) is 23.5 Å². The van der Waals surface area contributed by atoms with E-state index in [0.717, 1.165) is 40.2 Å². The highest BCUT2D eigenvalue weighted by Crippen LogP contribution is 2.44. The average Bonchev–Trinajstić information content (AvgIpc) is 3.68. The number of amides is 3. The summed E-state index contributed by atoms with van der Waals surface area (Å²) in [7, 11) is 0. The number of nitrogens with zero attached hydrogens (tertiary/aromatic N) is 6. The molecular weight excluding hydrogens is 559 g/mol. The van der Waals surface area contributed by atoms with E-state index in [1.165, 1.54) is 23.7 Å². The molecule has 0 unspecified atom stereocenters. The fraction of sp³-hybridized carbons (Fsp3) is 0.379. The van der Waals surface area contributed by atoms with Crippen LogP contribution in [0.15, 0.2) is 43.0 Å². The zero-order valence-corrected chi connectivity index (χ0v) is 24.4. The lowest BCUT2D eigenvalue weighted by molar-refractivity contribution is 0.0228. The van der Waals surface area contributed by atoms with E-state index >= 15 is 0 Å². The van der Waals surface area contributed by atoms with Crippen molar-refractivity contribution >= 4 is 28.6 Å². The van der Waals surface area contributed by atoms with E-state index in [1.54, 1.807) is 40.2 Å². The Morgan fingerprint density at radius 1 is 1.17 bits per heavy atom. The Kier molecular flexibility index (Phi) is 7.35. The first-order chi connectivity index (χ1) is 20.2. The number of rotatable bonds is 5. The minimum absolute atomic E-state index is 0.145. The third-order valence-electron chi connectivity index (χ3n) is 7.15. The van der Waals surface area contributed by atoms with E-state index in [-0.39, 0.29) is 12.1 Å². The van der Waals surface area contributed by atoms with Gasteiger partial charge in [0.25, 0.3) is 0 Å². The Balaban J connectivity index is 1.23. The maximum Gasteiger partial charge on any atom is 0.410 e. The van der Waals surface area contributed by atoms with Crippen molar-refractivity contribution in [1.82, 2.24) is 34.9 Å². The third kappa shape index (κ3) is 5.56. The zero-order chi connectivity index (χ0) is 29.4. The van der Waals surface area contributed by atoms with Crippen LogP contribution in [0.3, 0.4) is 0 Å². The second-order valence-corrected chi connectivity index (χ2v) is 12.3. The van der Waals surface area contributed by atoms with Gasteiger partial charge >= 0.3 is 12.1 Å². The number of nitrogens with one attached hydrogen (secondary N) is 2. The van der Waals surface area contributed by atoms with Gasteiger partial charge in [0.1, 0.15) is 23.4 Å². The number of hydrogen-bond donors (Lipinski definition) is 2. The van der Waals surface area contributed by atoms with Crippen molar-refractivity contribution in [2.45, 2.75) is 58.1 Å². The molecule has 1 saturated heterocycles. The number of hydrogen-bond acceptors (Lipinski definition) is 8. The molecule has 11 nitrogen and oxygen atoms in total. The average molecular weight is 591 g/mol. The first kappa shape index (κ1) is 27.8. The molecule has 3 aromatic heterocycles. The molecular formula is C29H31FN8O3S. The van der Waals surface area contributed by atoms with Crippen LogP contribution in [0.5, 0.6) is 0 Å². The van der Waals surface area contributed by atoms with Crippen LogP contribution in [0.2, 0.25) is 0 Å². The van der Waals surface area contributed by atoms with Crippen molar-refractivity contribution in [2.24, 2.45) is 0 Å². The van der Waals surface area contributed by atoms with Crippen molar-refractivity contribution in [1.29, 1.82) is 0 Å². The van der Waals surface area contributed by atoms with E-state index in [9.17, 15) is 14.0 Å². The van der Waals surface area contributed by atoms with Crippen molar-refractivity contribution < 1.29 is 18.7 Å². The Bertz CT molecular complexity index is 1630. The fourth-order valence-electron chi connectivity index (χ4n) is 5.34. The molecule has 0 spiro atoms. The van der Waals surface area contributed by atoms with E-state index in [4.69, 9.17) is 14.8 Å². The number of benzene rings is 1. The number of urea groups is 1. The van der Waals surface area contributed by atoms with E-state index in [1.807, 2.05) is 20.8 Å². The maximum absolute atomic E-state index is 15.0. The van der Waals surface area contributed by atoms with Gasteiger partial charge in [-0.15, -0.1) is 0 Å². The van der Waals surface area contributed by atoms with Gasteiger partial charge in [0.15, 0.2) is 5.13 Å². The minimum Gasteiger partial charge on any atom is -0.444 e. The number of aryl methyl sites for hydroxylation is 1. The molecule has 42 heavy (non-hydrogen) atoms. The predicted molar refractivity (Wildman–Crippen MR) is 156 cm³/mol. The standard InChI is InChI=1S/C29H31FN8O3S/c1-29(2,3)41-28(40)37-12-6-7-18(37)15-33-26(39)35-27-34-21-11-10-19-23(17-13-31-16-32-14-17)36-38(24(19)25(21)42-27)22-9-5-4-8-20(22)30/h4-5,8-9,13-14,16,18H,6-7,10-12,15H2,1-3H3,(H2,33,34,35,39)/t18-/m1/s1. The molecule has 1 fully saturated rings. The quantitative estimate of drug-likeness (QED) is 0.327. The number of anilines is 1. The highest BCUT2D eigenvalue weighted by Gasteiger charge is 2.33. The summed E-state index contributed by atoms with van der Waals surface area (Å²) in [5.41, 5.74) is 3.65. The molecule has 2 N–H and O–H groups in total. The highest BCUT2D eigenvalue weighted by atomic mass is 32.1. The van der Waals surface area contributed by atoms with Crippen LogP contribution < -0.4 is 10.6 Å². The van der Waals surface area contributed by atoms with Crippen molar-refractivity contribution in [3.05, 3.63) is 60.1 Å². The number of likely N-dealkylation sites (tertiary alicyclic amines) is 1.